The van der Waals surface area contributed by atoms with Gasteiger partial charge < -0.3 is 15.2 Å². The Hall–Kier alpha value is -1.59. The van der Waals surface area contributed by atoms with Gasteiger partial charge in [0, 0.05) is 23.9 Å². The summed E-state index contributed by atoms with van der Waals surface area (Å²) in [7, 11) is 0. The first kappa shape index (κ1) is 13.5. The van der Waals surface area contributed by atoms with E-state index in [9.17, 15) is 13.2 Å². The maximum atomic E-state index is 12.3. The highest BCUT2D eigenvalue weighted by Crippen LogP contribution is 2.29. The summed E-state index contributed by atoms with van der Waals surface area (Å²) in [6.07, 6.45) is -6.30. The molecular weight excluding hydrogens is 235 g/mol. The highest BCUT2D eigenvalue weighted by molar-refractivity contribution is 5.50. The van der Waals surface area contributed by atoms with Gasteiger partial charge in [0.25, 0.3) is 0 Å². The van der Waals surface area contributed by atoms with E-state index in [0.29, 0.717) is 18.0 Å². The van der Waals surface area contributed by atoms with Gasteiger partial charge in [0.15, 0.2) is 6.10 Å². The van der Waals surface area contributed by atoms with Gasteiger partial charge in [-0.2, -0.15) is 13.2 Å². The Labute approximate surface area is 97.3 Å². The van der Waals surface area contributed by atoms with E-state index in [1.54, 1.807) is 6.92 Å². The van der Waals surface area contributed by atoms with Gasteiger partial charge in [-0.15, -0.1) is 0 Å². The molecule has 3 nitrogen and oxygen atoms in total. The lowest BCUT2D eigenvalue weighted by molar-refractivity contribution is -0.189. The number of nitrogens with two attached hydrogens (primary N) is 1. The third kappa shape index (κ3) is 4.05. The van der Waals surface area contributed by atoms with Gasteiger partial charge in [0.1, 0.15) is 11.5 Å². The molecule has 0 saturated heterocycles. The van der Waals surface area contributed by atoms with Crippen LogP contribution in [0.15, 0.2) is 18.2 Å². The van der Waals surface area contributed by atoms with Crippen molar-refractivity contribution >= 4 is 5.69 Å². The molecule has 0 fully saturated rings. The zero-order chi connectivity index (χ0) is 13.1. The minimum atomic E-state index is -4.41. The SMILES string of the molecule is CCOc1cc(N)cc(OC(C)C(F)(F)F)c1. The third-order valence-electron chi connectivity index (χ3n) is 1.99. The van der Waals surface area contributed by atoms with Crippen molar-refractivity contribution in [2.45, 2.75) is 26.1 Å². The van der Waals surface area contributed by atoms with Crippen LogP contribution < -0.4 is 15.2 Å². The second kappa shape index (κ2) is 5.16. The molecule has 0 saturated carbocycles. The van der Waals surface area contributed by atoms with Crippen molar-refractivity contribution in [3.05, 3.63) is 18.2 Å². The lowest BCUT2D eigenvalue weighted by Crippen LogP contribution is -2.31. The highest BCUT2D eigenvalue weighted by atomic mass is 19.4. The molecule has 1 unspecified atom stereocenters. The van der Waals surface area contributed by atoms with Crippen molar-refractivity contribution in [2.24, 2.45) is 0 Å². The van der Waals surface area contributed by atoms with Crippen LogP contribution in [0.4, 0.5) is 18.9 Å². The van der Waals surface area contributed by atoms with Gasteiger partial charge in [-0.05, 0) is 13.8 Å². The second-order valence-corrected chi connectivity index (χ2v) is 3.47. The molecule has 0 spiro atoms. The smallest absolute Gasteiger partial charge is 0.425 e. The average molecular weight is 249 g/mol. The van der Waals surface area contributed by atoms with Gasteiger partial charge in [-0.25, -0.2) is 0 Å². The first-order valence-corrected chi connectivity index (χ1v) is 5.09. The topological polar surface area (TPSA) is 44.5 Å². The minimum absolute atomic E-state index is 0.0401. The maximum absolute atomic E-state index is 12.3. The van der Waals surface area contributed by atoms with Crippen LogP contribution in [0.1, 0.15) is 13.8 Å². The Kier molecular flexibility index (Phi) is 4.09. The van der Waals surface area contributed by atoms with Gasteiger partial charge in [0.2, 0.25) is 0 Å². The lowest BCUT2D eigenvalue weighted by atomic mass is 10.3. The first-order valence-electron chi connectivity index (χ1n) is 5.09. The summed E-state index contributed by atoms with van der Waals surface area (Å²) in [5, 5.41) is 0. The zero-order valence-electron chi connectivity index (χ0n) is 9.54. The van der Waals surface area contributed by atoms with Crippen LogP contribution in [0.2, 0.25) is 0 Å². The van der Waals surface area contributed by atoms with Gasteiger partial charge in [-0.1, -0.05) is 0 Å². The van der Waals surface area contributed by atoms with Gasteiger partial charge >= 0.3 is 6.18 Å². The summed E-state index contributed by atoms with van der Waals surface area (Å²) in [4.78, 5) is 0. The largest absolute Gasteiger partial charge is 0.494 e. The fourth-order valence-electron chi connectivity index (χ4n) is 1.18. The quantitative estimate of drug-likeness (QED) is 0.834. The number of anilines is 1. The van der Waals surface area contributed by atoms with Crippen molar-refractivity contribution in [3.8, 4) is 11.5 Å². The highest BCUT2D eigenvalue weighted by Gasteiger charge is 2.38. The first-order chi connectivity index (χ1) is 7.82. The number of nitrogen functional groups attached to an aromatic ring is 1. The van der Waals surface area contributed by atoms with Crippen molar-refractivity contribution < 1.29 is 22.6 Å². The monoisotopic (exact) mass is 249 g/mol. The van der Waals surface area contributed by atoms with Crippen LogP contribution in [0.25, 0.3) is 0 Å². The molecule has 1 aromatic rings. The Morgan fingerprint density at radius 2 is 1.82 bits per heavy atom. The van der Waals surface area contributed by atoms with Gasteiger partial charge in [-0.3, -0.25) is 0 Å². The van der Waals surface area contributed by atoms with Crippen LogP contribution in [0, 0.1) is 0 Å². The minimum Gasteiger partial charge on any atom is -0.494 e. The Morgan fingerprint density at radius 3 is 2.35 bits per heavy atom. The summed E-state index contributed by atoms with van der Waals surface area (Å²) in [6.45, 7) is 3.10. The van der Waals surface area contributed by atoms with Crippen molar-refractivity contribution in [1.29, 1.82) is 0 Å². The number of benzene rings is 1. The molecule has 0 radical (unpaired) electrons. The number of halogens is 3. The van der Waals surface area contributed by atoms with E-state index in [4.69, 9.17) is 15.2 Å². The number of ether oxygens (including phenoxy) is 2. The van der Waals surface area contributed by atoms with Crippen LogP contribution >= 0.6 is 0 Å². The number of rotatable bonds is 4. The van der Waals surface area contributed by atoms with Crippen LogP contribution in [-0.2, 0) is 0 Å². The molecule has 1 aromatic carbocycles. The summed E-state index contributed by atoms with van der Waals surface area (Å²) in [5.74, 6) is 0.426. The van der Waals surface area contributed by atoms with Crippen LogP contribution in [0.5, 0.6) is 11.5 Å². The Bertz CT molecular complexity index is 379. The van der Waals surface area contributed by atoms with Crippen molar-refractivity contribution in [1.82, 2.24) is 0 Å². The lowest BCUT2D eigenvalue weighted by Gasteiger charge is -2.18. The molecule has 0 heterocycles. The molecule has 0 aliphatic rings. The molecule has 0 aromatic heterocycles. The molecule has 2 N–H and O–H groups in total. The summed E-state index contributed by atoms with van der Waals surface area (Å²) >= 11 is 0. The van der Waals surface area contributed by atoms with E-state index in [-0.39, 0.29) is 5.75 Å². The van der Waals surface area contributed by atoms with Crippen LogP contribution in [-0.4, -0.2) is 18.9 Å². The van der Waals surface area contributed by atoms with E-state index in [0.717, 1.165) is 6.92 Å². The molecule has 1 atom stereocenters. The zero-order valence-corrected chi connectivity index (χ0v) is 9.54. The number of alkyl halides is 3. The Balaban J connectivity index is 2.84. The van der Waals surface area contributed by atoms with Gasteiger partial charge in [0.05, 0.1) is 6.61 Å². The fraction of sp³-hybridized carbons (Fsp3) is 0.455. The summed E-state index contributed by atoms with van der Waals surface area (Å²) in [5.41, 5.74) is 5.83. The molecule has 0 bridgehead atoms. The van der Waals surface area contributed by atoms with E-state index in [1.807, 2.05) is 0 Å². The standard InChI is InChI=1S/C11H14F3NO2/c1-3-16-9-4-8(15)5-10(6-9)17-7(2)11(12,13)14/h4-7H,3,15H2,1-2H3. The Morgan fingerprint density at radius 1 is 1.24 bits per heavy atom. The van der Waals surface area contributed by atoms with E-state index in [2.05, 4.69) is 0 Å². The fourth-order valence-corrected chi connectivity index (χ4v) is 1.18. The predicted molar refractivity (Wildman–Crippen MR) is 58.2 cm³/mol. The molecule has 0 aliphatic heterocycles. The van der Waals surface area contributed by atoms with E-state index < -0.39 is 12.3 Å². The normalized spacial score (nSPS) is 13.2. The van der Waals surface area contributed by atoms with E-state index >= 15 is 0 Å². The average Bonchev–Trinajstić information content (AvgIpc) is 2.15. The number of hydrogen-bond acceptors (Lipinski definition) is 3. The molecule has 0 aliphatic carbocycles. The molecule has 6 heteroatoms. The summed E-state index contributed by atoms with van der Waals surface area (Å²) in [6, 6.07) is 4.22. The van der Waals surface area contributed by atoms with Crippen molar-refractivity contribution in [3.63, 3.8) is 0 Å². The molecule has 96 valence electrons. The molecule has 17 heavy (non-hydrogen) atoms. The van der Waals surface area contributed by atoms with E-state index in [1.165, 1.54) is 18.2 Å². The molecular formula is C11H14F3NO2. The summed E-state index contributed by atoms with van der Waals surface area (Å²) < 4.78 is 46.8. The van der Waals surface area contributed by atoms with Crippen LogP contribution in [0.3, 0.4) is 0 Å². The predicted octanol–water partition coefficient (Wildman–Crippen LogP) is 3.00. The second-order valence-electron chi connectivity index (χ2n) is 3.47. The molecule has 1 rings (SSSR count). The number of hydrogen-bond donors (Lipinski definition) is 1. The van der Waals surface area contributed by atoms with Crippen molar-refractivity contribution in [2.75, 3.05) is 12.3 Å². The molecule has 0 amide bonds. The maximum Gasteiger partial charge on any atom is 0.425 e. The third-order valence-corrected chi connectivity index (χ3v) is 1.99.